The van der Waals surface area contributed by atoms with Crippen LogP contribution in [-0.2, 0) is 11.2 Å². The van der Waals surface area contributed by atoms with Gasteiger partial charge in [-0.25, -0.2) is 4.98 Å². The summed E-state index contributed by atoms with van der Waals surface area (Å²) in [4.78, 5) is 17.9. The maximum Gasteiger partial charge on any atom is 0.237 e. The second kappa shape index (κ2) is 4.24. The van der Waals surface area contributed by atoms with Crippen molar-refractivity contribution in [1.82, 2.24) is 4.98 Å². The van der Waals surface area contributed by atoms with Gasteiger partial charge < -0.3 is 11.5 Å². The van der Waals surface area contributed by atoms with Gasteiger partial charge in [-0.05, 0) is 12.1 Å². The third kappa shape index (κ3) is 1.57. The van der Waals surface area contributed by atoms with E-state index in [9.17, 15) is 4.79 Å². The third-order valence-corrected chi connectivity index (χ3v) is 3.26. The van der Waals surface area contributed by atoms with E-state index in [0.717, 1.165) is 0 Å². The Morgan fingerprint density at radius 1 is 1.25 bits per heavy atom. The van der Waals surface area contributed by atoms with Crippen LogP contribution in [0.5, 0.6) is 0 Å². The molecule has 0 bridgehead atoms. The van der Waals surface area contributed by atoms with Crippen LogP contribution in [0.3, 0.4) is 0 Å². The molecule has 2 aromatic rings. The van der Waals surface area contributed by atoms with Gasteiger partial charge in [-0.2, -0.15) is 5.26 Å². The van der Waals surface area contributed by atoms with E-state index in [2.05, 4.69) is 4.98 Å². The molecule has 0 aliphatic carbocycles. The van der Waals surface area contributed by atoms with Gasteiger partial charge in [0.15, 0.2) is 0 Å². The highest BCUT2D eigenvalue weighted by Gasteiger charge is 2.33. The van der Waals surface area contributed by atoms with Crippen molar-refractivity contribution in [3.8, 4) is 6.07 Å². The second-order valence-corrected chi connectivity index (χ2v) is 4.44. The highest BCUT2D eigenvalue weighted by molar-refractivity contribution is 6.08. The summed E-state index contributed by atoms with van der Waals surface area (Å²) >= 11 is 0. The molecule has 4 N–H and O–H groups in total. The fraction of sp³-hybridized carbons (Fsp3) is 0.0714. The number of carbonyl (C=O) groups is 1. The number of fused-ring (bicyclic) bond motifs is 1. The van der Waals surface area contributed by atoms with Crippen molar-refractivity contribution >= 4 is 28.9 Å². The van der Waals surface area contributed by atoms with E-state index in [-0.39, 0.29) is 29.4 Å². The van der Waals surface area contributed by atoms with Crippen LogP contribution in [0.2, 0.25) is 0 Å². The molecule has 20 heavy (non-hydrogen) atoms. The van der Waals surface area contributed by atoms with E-state index in [0.29, 0.717) is 17.1 Å². The first-order chi connectivity index (χ1) is 9.63. The number of nitrogens with zero attached hydrogens (tertiary/aromatic N) is 3. The zero-order valence-corrected chi connectivity index (χ0v) is 10.5. The first-order valence-electron chi connectivity index (χ1n) is 5.99. The van der Waals surface area contributed by atoms with Crippen molar-refractivity contribution in [1.29, 1.82) is 5.26 Å². The number of nitriles is 1. The van der Waals surface area contributed by atoms with Crippen LogP contribution in [0.1, 0.15) is 11.1 Å². The minimum absolute atomic E-state index is 0.0411. The molecule has 6 heteroatoms. The summed E-state index contributed by atoms with van der Waals surface area (Å²) in [7, 11) is 0. The Morgan fingerprint density at radius 2 is 1.95 bits per heavy atom. The van der Waals surface area contributed by atoms with Crippen molar-refractivity contribution in [3.63, 3.8) is 0 Å². The molecule has 0 atom stereocenters. The van der Waals surface area contributed by atoms with Crippen molar-refractivity contribution in [2.45, 2.75) is 6.42 Å². The van der Waals surface area contributed by atoms with Crippen LogP contribution in [0.15, 0.2) is 30.3 Å². The molecule has 1 aromatic heterocycles. The van der Waals surface area contributed by atoms with Gasteiger partial charge in [0.25, 0.3) is 0 Å². The maximum atomic E-state index is 12.2. The number of anilines is 4. The standard InChI is InChI=1S/C14H11N5O/c15-7-10-12(16)9-6-11(20)19(14(9)18-13(10)17)8-4-2-1-3-5-8/h1-5H,6H2,(H4,16,17,18). The van der Waals surface area contributed by atoms with Gasteiger partial charge in [-0.3, -0.25) is 9.69 Å². The van der Waals surface area contributed by atoms with Crippen molar-refractivity contribution in [2.75, 3.05) is 16.4 Å². The lowest BCUT2D eigenvalue weighted by atomic mass is 10.1. The van der Waals surface area contributed by atoms with Crippen molar-refractivity contribution in [2.24, 2.45) is 0 Å². The second-order valence-electron chi connectivity index (χ2n) is 4.44. The van der Waals surface area contributed by atoms with Crippen LogP contribution in [-0.4, -0.2) is 10.9 Å². The summed E-state index contributed by atoms with van der Waals surface area (Å²) in [5.74, 6) is 0.314. The number of para-hydroxylation sites is 1. The SMILES string of the molecule is N#Cc1c(N)nc2c(c1N)CC(=O)N2c1ccccc1. The van der Waals surface area contributed by atoms with Crippen LogP contribution >= 0.6 is 0 Å². The number of nitrogen functional groups attached to an aromatic ring is 2. The quantitative estimate of drug-likeness (QED) is 0.808. The smallest absolute Gasteiger partial charge is 0.237 e. The van der Waals surface area contributed by atoms with Gasteiger partial charge in [-0.15, -0.1) is 0 Å². The number of carbonyl (C=O) groups excluding carboxylic acids is 1. The summed E-state index contributed by atoms with van der Waals surface area (Å²) in [6, 6.07) is 11.1. The van der Waals surface area contributed by atoms with E-state index in [4.69, 9.17) is 16.7 Å². The minimum Gasteiger partial charge on any atom is -0.397 e. The van der Waals surface area contributed by atoms with Crippen LogP contribution < -0.4 is 16.4 Å². The summed E-state index contributed by atoms with van der Waals surface area (Å²) < 4.78 is 0. The van der Waals surface area contributed by atoms with E-state index >= 15 is 0 Å². The van der Waals surface area contributed by atoms with E-state index in [1.54, 1.807) is 12.1 Å². The molecule has 6 nitrogen and oxygen atoms in total. The lowest BCUT2D eigenvalue weighted by Crippen LogP contribution is -2.21. The number of pyridine rings is 1. The van der Waals surface area contributed by atoms with E-state index in [1.165, 1.54) is 4.90 Å². The summed E-state index contributed by atoms with van der Waals surface area (Å²) in [6.45, 7) is 0. The molecule has 0 unspecified atom stereocenters. The Hall–Kier alpha value is -3.07. The maximum absolute atomic E-state index is 12.2. The summed E-state index contributed by atoms with van der Waals surface area (Å²) in [5.41, 5.74) is 13.3. The Labute approximate surface area is 115 Å². The number of rotatable bonds is 1. The van der Waals surface area contributed by atoms with Crippen LogP contribution in [0, 0.1) is 11.3 Å². The molecule has 1 aliphatic heterocycles. The molecule has 2 heterocycles. The highest BCUT2D eigenvalue weighted by Crippen LogP contribution is 2.39. The average Bonchev–Trinajstić information content (AvgIpc) is 2.77. The molecule has 1 aromatic carbocycles. The predicted octanol–water partition coefficient (Wildman–Crippen LogP) is 1.34. The largest absolute Gasteiger partial charge is 0.397 e. The Bertz CT molecular complexity index is 748. The molecule has 0 saturated carbocycles. The van der Waals surface area contributed by atoms with Crippen molar-refractivity contribution in [3.05, 3.63) is 41.5 Å². The molecule has 0 spiro atoms. The predicted molar refractivity (Wildman–Crippen MR) is 75.1 cm³/mol. The molecule has 0 fully saturated rings. The average molecular weight is 265 g/mol. The molecule has 0 radical (unpaired) electrons. The fourth-order valence-electron chi connectivity index (χ4n) is 2.32. The van der Waals surface area contributed by atoms with Gasteiger partial charge in [0.2, 0.25) is 5.91 Å². The Balaban J connectivity index is 2.22. The van der Waals surface area contributed by atoms with Gasteiger partial charge >= 0.3 is 0 Å². The molecule has 1 aliphatic rings. The number of amides is 1. The van der Waals surface area contributed by atoms with E-state index in [1.807, 2.05) is 24.3 Å². The van der Waals surface area contributed by atoms with Crippen LogP contribution in [0.25, 0.3) is 0 Å². The lowest BCUT2D eigenvalue weighted by Gasteiger charge is -2.17. The first-order valence-corrected chi connectivity index (χ1v) is 5.99. The normalized spacial score (nSPS) is 13.2. The molecule has 98 valence electrons. The number of nitrogens with two attached hydrogens (primary N) is 2. The zero-order chi connectivity index (χ0) is 14.3. The fourth-order valence-corrected chi connectivity index (χ4v) is 2.32. The number of aromatic nitrogens is 1. The molecular formula is C14H11N5O. The number of hydrogen-bond acceptors (Lipinski definition) is 5. The first kappa shape index (κ1) is 12.0. The van der Waals surface area contributed by atoms with E-state index < -0.39 is 0 Å². The van der Waals surface area contributed by atoms with Gasteiger partial charge in [0.05, 0.1) is 17.8 Å². The highest BCUT2D eigenvalue weighted by atomic mass is 16.2. The van der Waals surface area contributed by atoms with Gasteiger partial charge in [0.1, 0.15) is 23.3 Å². The summed E-state index contributed by atoms with van der Waals surface area (Å²) in [6.07, 6.45) is 0.123. The Morgan fingerprint density at radius 3 is 2.60 bits per heavy atom. The molecular weight excluding hydrogens is 254 g/mol. The summed E-state index contributed by atoms with van der Waals surface area (Å²) in [5, 5.41) is 9.03. The lowest BCUT2D eigenvalue weighted by molar-refractivity contribution is -0.116. The number of hydrogen-bond donors (Lipinski definition) is 2. The minimum atomic E-state index is -0.139. The van der Waals surface area contributed by atoms with Crippen molar-refractivity contribution < 1.29 is 4.79 Å². The molecule has 3 rings (SSSR count). The third-order valence-electron chi connectivity index (χ3n) is 3.26. The van der Waals surface area contributed by atoms with Gasteiger partial charge in [-0.1, -0.05) is 18.2 Å². The Kier molecular flexibility index (Phi) is 2.54. The number of benzene rings is 1. The molecule has 1 amide bonds. The van der Waals surface area contributed by atoms with Gasteiger partial charge in [0, 0.05) is 5.56 Å². The van der Waals surface area contributed by atoms with Crippen LogP contribution in [0.4, 0.5) is 23.0 Å². The molecule has 0 saturated heterocycles. The monoisotopic (exact) mass is 265 g/mol. The topological polar surface area (TPSA) is 109 Å². The zero-order valence-electron chi connectivity index (χ0n) is 10.5.